The van der Waals surface area contributed by atoms with Gasteiger partial charge < -0.3 is 18.9 Å². The van der Waals surface area contributed by atoms with Crippen LogP contribution in [0, 0.1) is 0 Å². The molecule has 0 aliphatic carbocycles. The minimum Gasteiger partial charge on any atom is -0.404 e. The fourth-order valence-corrected chi connectivity index (χ4v) is 3.65. The van der Waals surface area contributed by atoms with Crippen LogP contribution in [0.4, 0.5) is 0 Å². The Kier molecular flexibility index (Phi) is 9.21. The first-order valence-electron chi connectivity index (χ1n) is 9.04. The third-order valence-electron chi connectivity index (χ3n) is 3.69. The molecular formula is C17H20NO13P3. The van der Waals surface area contributed by atoms with Crippen molar-refractivity contribution in [3.8, 4) is 17.2 Å². The van der Waals surface area contributed by atoms with E-state index in [-0.39, 0.29) is 17.9 Å². The van der Waals surface area contributed by atoms with Crippen LogP contribution in [-0.2, 0) is 24.9 Å². The maximum Gasteiger partial charge on any atom is 0.524 e. The summed E-state index contributed by atoms with van der Waals surface area (Å²) in [4.78, 5) is 65.3. The van der Waals surface area contributed by atoms with E-state index in [0.29, 0.717) is 6.42 Å². The highest BCUT2D eigenvalue weighted by Gasteiger charge is 2.24. The van der Waals surface area contributed by atoms with E-state index in [1.165, 1.54) is 24.3 Å². The van der Waals surface area contributed by atoms with Crippen LogP contribution in [-0.4, -0.2) is 41.8 Å². The molecule has 0 aromatic heterocycles. The monoisotopic (exact) mass is 539 g/mol. The summed E-state index contributed by atoms with van der Waals surface area (Å²) < 4.78 is 46.1. The van der Waals surface area contributed by atoms with Crippen LogP contribution in [0.15, 0.2) is 48.5 Å². The van der Waals surface area contributed by atoms with Crippen molar-refractivity contribution >= 4 is 35.5 Å². The topological polar surface area (TPSA) is 229 Å². The molecule has 0 bridgehead atoms. The normalized spacial score (nSPS) is 12.4. The van der Waals surface area contributed by atoms with Gasteiger partial charge in [0.25, 0.3) is 0 Å². The number of benzene rings is 2. The van der Waals surface area contributed by atoms with Crippen LogP contribution in [0.1, 0.15) is 11.1 Å². The predicted molar refractivity (Wildman–Crippen MR) is 117 cm³/mol. The average molecular weight is 539 g/mol. The quantitative estimate of drug-likeness (QED) is 0.159. The van der Waals surface area contributed by atoms with Crippen molar-refractivity contribution in [1.29, 1.82) is 0 Å². The van der Waals surface area contributed by atoms with Crippen molar-refractivity contribution in [3.63, 3.8) is 0 Å². The van der Waals surface area contributed by atoms with Gasteiger partial charge in [0.05, 0.1) is 0 Å². The highest BCUT2D eigenvalue weighted by molar-refractivity contribution is 7.47. The lowest BCUT2D eigenvalue weighted by Crippen LogP contribution is -2.23. The molecule has 2 rings (SSSR count). The van der Waals surface area contributed by atoms with Gasteiger partial charge in [0.1, 0.15) is 5.75 Å². The number of carbonyl (C=O) groups excluding carboxylic acids is 1. The molecule has 0 saturated heterocycles. The molecule has 2 aromatic rings. The Balaban J connectivity index is 1.97. The number of amides is 1. The molecule has 0 saturated carbocycles. The van der Waals surface area contributed by atoms with Gasteiger partial charge >= 0.3 is 23.5 Å². The Hall–Kier alpha value is -2.50. The highest BCUT2D eigenvalue weighted by atomic mass is 31.2. The molecule has 0 fully saturated rings. The van der Waals surface area contributed by atoms with Crippen LogP contribution in [0.2, 0.25) is 0 Å². The van der Waals surface area contributed by atoms with E-state index < -0.39 is 40.9 Å². The minimum absolute atomic E-state index is 0.0108. The summed E-state index contributed by atoms with van der Waals surface area (Å²) in [7, 11) is -14.8. The van der Waals surface area contributed by atoms with E-state index in [0.717, 1.165) is 23.8 Å². The molecule has 0 unspecified atom stereocenters. The van der Waals surface area contributed by atoms with E-state index >= 15 is 0 Å². The van der Waals surface area contributed by atoms with Gasteiger partial charge in [-0.2, -0.15) is 0 Å². The Morgan fingerprint density at radius 2 is 1.35 bits per heavy atom. The Labute approximate surface area is 192 Å². The molecule has 34 heavy (non-hydrogen) atoms. The van der Waals surface area contributed by atoms with Gasteiger partial charge in [-0.3, -0.25) is 34.2 Å². The minimum atomic E-state index is -5.08. The van der Waals surface area contributed by atoms with Gasteiger partial charge in [-0.25, -0.2) is 13.7 Å². The van der Waals surface area contributed by atoms with Crippen molar-refractivity contribution < 1.29 is 61.4 Å². The summed E-state index contributed by atoms with van der Waals surface area (Å²) in [5.74, 6) is -1.79. The molecule has 186 valence electrons. The standard InChI is InChI=1S/C17H20NO13P3/c19-17(18-10-9-12-1-5-14(6-2-12)29-32(20,21)22)8-4-13-3-7-15(30-33(23,24)25)16(11-13)31-34(26,27)28/h1-8,11H,9-10H2,(H,18,19)(H2,20,21,22)(H2,23,24,25)(H2,26,27,28)/b8-4+. The van der Waals surface area contributed by atoms with Gasteiger partial charge in [0, 0.05) is 12.6 Å². The van der Waals surface area contributed by atoms with Crippen LogP contribution in [0.3, 0.4) is 0 Å². The second-order valence-corrected chi connectivity index (χ2v) is 9.96. The van der Waals surface area contributed by atoms with E-state index in [9.17, 15) is 18.5 Å². The van der Waals surface area contributed by atoms with Crippen molar-refractivity contribution in [3.05, 3.63) is 59.7 Å². The molecule has 17 heteroatoms. The fraction of sp³-hybridized carbons (Fsp3) is 0.118. The molecular weight excluding hydrogens is 519 g/mol. The second kappa shape index (κ2) is 11.3. The van der Waals surface area contributed by atoms with Crippen molar-refractivity contribution in [2.75, 3.05) is 6.54 Å². The summed E-state index contributed by atoms with van der Waals surface area (Å²) in [6.07, 6.45) is 2.76. The van der Waals surface area contributed by atoms with Crippen LogP contribution in [0.5, 0.6) is 17.2 Å². The first kappa shape index (κ1) is 27.7. The number of rotatable bonds is 11. The summed E-state index contributed by atoms with van der Waals surface area (Å²) in [6.45, 7) is 0.212. The maximum atomic E-state index is 12.0. The van der Waals surface area contributed by atoms with Crippen LogP contribution < -0.4 is 18.9 Å². The molecule has 14 nitrogen and oxygen atoms in total. The largest absolute Gasteiger partial charge is 0.524 e. The van der Waals surface area contributed by atoms with Crippen molar-refractivity contribution in [1.82, 2.24) is 5.32 Å². The number of phosphoric ester groups is 3. The number of nitrogens with one attached hydrogen (secondary N) is 1. The van der Waals surface area contributed by atoms with Gasteiger partial charge in [0.2, 0.25) is 5.91 Å². The molecule has 0 spiro atoms. The van der Waals surface area contributed by atoms with E-state index in [1.54, 1.807) is 12.1 Å². The fourth-order valence-electron chi connectivity index (χ4n) is 2.45. The van der Waals surface area contributed by atoms with E-state index in [1.807, 2.05) is 0 Å². The molecule has 1 amide bonds. The van der Waals surface area contributed by atoms with Gasteiger partial charge in [0.15, 0.2) is 11.5 Å². The number of phosphoric acid groups is 3. The Morgan fingerprint density at radius 3 is 1.91 bits per heavy atom. The number of hydrogen-bond acceptors (Lipinski definition) is 7. The Bertz CT molecular complexity index is 1180. The first-order chi connectivity index (χ1) is 15.6. The molecule has 0 aliphatic heterocycles. The Morgan fingerprint density at radius 1 is 0.794 bits per heavy atom. The summed E-state index contributed by atoms with van der Waals surface area (Å²) in [5, 5.41) is 2.58. The lowest BCUT2D eigenvalue weighted by molar-refractivity contribution is -0.116. The number of carbonyl (C=O) groups is 1. The summed E-state index contributed by atoms with van der Waals surface area (Å²) >= 11 is 0. The van der Waals surface area contributed by atoms with E-state index in [4.69, 9.17) is 29.4 Å². The van der Waals surface area contributed by atoms with E-state index in [2.05, 4.69) is 18.9 Å². The molecule has 7 N–H and O–H groups in total. The smallest absolute Gasteiger partial charge is 0.404 e. The third kappa shape index (κ3) is 11.1. The molecule has 0 radical (unpaired) electrons. The summed E-state index contributed by atoms with van der Waals surface area (Å²) in [6, 6.07) is 9.15. The zero-order chi connectivity index (χ0) is 25.6. The molecule has 0 aliphatic rings. The first-order valence-corrected chi connectivity index (χ1v) is 13.6. The van der Waals surface area contributed by atoms with Gasteiger partial charge in [-0.15, -0.1) is 0 Å². The van der Waals surface area contributed by atoms with Crippen molar-refractivity contribution in [2.45, 2.75) is 6.42 Å². The van der Waals surface area contributed by atoms with Gasteiger partial charge in [-0.05, 0) is 47.9 Å². The third-order valence-corrected chi connectivity index (χ3v) is 5.01. The lowest BCUT2D eigenvalue weighted by atomic mass is 10.1. The zero-order valence-corrected chi connectivity index (χ0v) is 19.7. The second-order valence-electron chi connectivity index (χ2n) is 6.47. The SMILES string of the molecule is O=C(/C=C/c1ccc(OP(=O)(O)O)c(OP(=O)(O)O)c1)NCCc1ccc(OP(=O)(O)O)cc1. The van der Waals surface area contributed by atoms with Crippen molar-refractivity contribution in [2.24, 2.45) is 0 Å². The number of hydrogen-bond donors (Lipinski definition) is 7. The lowest BCUT2D eigenvalue weighted by Gasteiger charge is -2.13. The average Bonchev–Trinajstić information content (AvgIpc) is 2.66. The zero-order valence-electron chi connectivity index (χ0n) is 17.0. The van der Waals surface area contributed by atoms with Gasteiger partial charge in [-0.1, -0.05) is 18.2 Å². The predicted octanol–water partition coefficient (Wildman–Crippen LogP) is 1.47. The van der Waals surface area contributed by atoms with Crippen LogP contribution in [0.25, 0.3) is 6.08 Å². The maximum absolute atomic E-state index is 12.0. The highest BCUT2D eigenvalue weighted by Crippen LogP contribution is 2.47. The molecule has 0 heterocycles. The molecule has 0 atom stereocenters. The van der Waals surface area contributed by atoms with Crippen LogP contribution >= 0.6 is 23.5 Å². The molecule has 2 aromatic carbocycles. The summed E-state index contributed by atoms with van der Waals surface area (Å²) in [5.41, 5.74) is 0.958.